The molecule has 5 heteroatoms. The highest BCUT2D eigenvalue weighted by Gasteiger charge is 2.22. The van der Waals surface area contributed by atoms with Crippen LogP contribution in [0.1, 0.15) is 46.0 Å². The monoisotopic (exact) mass is 269 g/mol. The lowest BCUT2D eigenvalue weighted by Crippen LogP contribution is -2.27. The highest BCUT2D eigenvalue weighted by atomic mass is 32.1. The summed E-state index contributed by atoms with van der Waals surface area (Å²) < 4.78 is 9.72. The Morgan fingerprint density at radius 1 is 1.44 bits per heavy atom. The molecular weight excluding hydrogens is 246 g/mol. The Balaban J connectivity index is 1.99. The highest BCUT2D eigenvalue weighted by Crippen LogP contribution is 2.37. The van der Waals surface area contributed by atoms with Crippen molar-refractivity contribution in [2.45, 2.75) is 52.0 Å². The molecule has 4 nitrogen and oxygen atoms in total. The molecule has 0 spiro atoms. The molecule has 3 N–H and O–H groups in total. The largest absolute Gasteiger partial charge is 0.487 e. The molecule has 0 amide bonds. The average molecular weight is 269 g/mol. The summed E-state index contributed by atoms with van der Waals surface area (Å²) in [5.74, 6) is 1.99. The third-order valence-corrected chi connectivity index (χ3v) is 4.45. The Kier molecular flexibility index (Phi) is 4.69. The lowest BCUT2D eigenvalue weighted by atomic mass is 9.84. The minimum atomic E-state index is 0.462. The molecule has 1 aliphatic carbocycles. The fourth-order valence-electron chi connectivity index (χ4n) is 2.63. The topological polar surface area (TPSA) is 60.2 Å². The summed E-state index contributed by atoms with van der Waals surface area (Å²) in [5.41, 5.74) is 5.82. The van der Waals surface area contributed by atoms with Crippen molar-refractivity contribution < 1.29 is 4.74 Å². The number of hydrogen-bond donors (Lipinski definition) is 2. The maximum Gasteiger partial charge on any atom is 0.197 e. The number of nitrogens with two attached hydrogens (primary N) is 1. The zero-order chi connectivity index (χ0) is 13.0. The summed E-state index contributed by atoms with van der Waals surface area (Å²) in [6, 6.07) is 0.462. The molecule has 1 heterocycles. The second-order valence-corrected chi connectivity index (χ2v) is 5.76. The summed E-state index contributed by atoms with van der Waals surface area (Å²) in [4.78, 5) is 0. The molecule has 1 unspecified atom stereocenters. The van der Waals surface area contributed by atoms with E-state index >= 15 is 0 Å². The van der Waals surface area contributed by atoms with Crippen molar-refractivity contribution >= 4 is 22.4 Å². The van der Waals surface area contributed by atoms with Gasteiger partial charge in [0.05, 0.1) is 6.61 Å². The van der Waals surface area contributed by atoms with Crippen LogP contribution in [0.2, 0.25) is 0 Å². The van der Waals surface area contributed by atoms with E-state index in [0.717, 1.165) is 16.7 Å². The molecule has 1 aromatic rings. The SMILES string of the molecule is CCOc1c(N)nsc1NC(C)C1CCCCC1. The number of rotatable bonds is 5. The summed E-state index contributed by atoms with van der Waals surface area (Å²) in [7, 11) is 0. The predicted octanol–water partition coefficient (Wildman–Crippen LogP) is 3.50. The van der Waals surface area contributed by atoms with Crippen molar-refractivity contribution in [3.8, 4) is 5.75 Å². The van der Waals surface area contributed by atoms with Crippen LogP contribution in [0.5, 0.6) is 5.75 Å². The molecule has 0 bridgehead atoms. The lowest BCUT2D eigenvalue weighted by Gasteiger charge is -2.28. The normalized spacial score (nSPS) is 18.6. The van der Waals surface area contributed by atoms with Gasteiger partial charge in [-0.15, -0.1) is 0 Å². The van der Waals surface area contributed by atoms with Crippen LogP contribution in [0.3, 0.4) is 0 Å². The van der Waals surface area contributed by atoms with Gasteiger partial charge in [-0.1, -0.05) is 19.3 Å². The molecule has 0 saturated heterocycles. The number of ether oxygens (including phenoxy) is 1. The van der Waals surface area contributed by atoms with Crippen LogP contribution in [-0.2, 0) is 0 Å². The molecule has 1 fully saturated rings. The Hall–Kier alpha value is -0.970. The number of nitrogens with zero attached hydrogens (tertiary/aromatic N) is 1. The number of nitrogens with one attached hydrogen (secondary N) is 1. The Labute approximate surface area is 113 Å². The van der Waals surface area contributed by atoms with Crippen LogP contribution in [0.15, 0.2) is 0 Å². The summed E-state index contributed by atoms with van der Waals surface area (Å²) in [6.07, 6.45) is 6.76. The second-order valence-electron chi connectivity index (χ2n) is 4.99. The van der Waals surface area contributed by atoms with Crippen LogP contribution < -0.4 is 15.8 Å². The Morgan fingerprint density at radius 2 is 2.17 bits per heavy atom. The van der Waals surface area contributed by atoms with Crippen molar-refractivity contribution in [1.29, 1.82) is 0 Å². The maximum absolute atomic E-state index is 5.82. The average Bonchev–Trinajstić information content (AvgIpc) is 2.73. The number of hydrogen-bond acceptors (Lipinski definition) is 5. The molecule has 102 valence electrons. The minimum absolute atomic E-state index is 0.462. The number of aromatic nitrogens is 1. The smallest absolute Gasteiger partial charge is 0.197 e. The van der Waals surface area contributed by atoms with Crippen LogP contribution >= 0.6 is 11.5 Å². The van der Waals surface area contributed by atoms with Crippen LogP contribution in [0.4, 0.5) is 10.8 Å². The molecular formula is C13H23N3OS. The van der Waals surface area contributed by atoms with E-state index in [-0.39, 0.29) is 0 Å². The van der Waals surface area contributed by atoms with E-state index in [0.29, 0.717) is 18.5 Å². The summed E-state index contributed by atoms with van der Waals surface area (Å²) in [5, 5.41) is 4.52. The van der Waals surface area contributed by atoms with Gasteiger partial charge in [0.1, 0.15) is 0 Å². The zero-order valence-electron chi connectivity index (χ0n) is 11.2. The quantitative estimate of drug-likeness (QED) is 0.859. The van der Waals surface area contributed by atoms with E-state index in [4.69, 9.17) is 10.5 Å². The summed E-state index contributed by atoms with van der Waals surface area (Å²) in [6.45, 7) is 4.84. The molecule has 2 rings (SSSR count). The van der Waals surface area contributed by atoms with Crippen LogP contribution in [0.25, 0.3) is 0 Å². The van der Waals surface area contributed by atoms with Gasteiger partial charge in [0.25, 0.3) is 0 Å². The fraction of sp³-hybridized carbons (Fsp3) is 0.769. The van der Waals surface area contributed by atoms with Crippen molar-refractivity contribution in [3.05, 3.63) is 0 Å². The second kappa shape index (κ2) is 6.27. The molecule has 0 aliphatic heterocycles. The van der Waals surface area contributed by atoms with Crippen molar-refractivity contribution in [2.24, 2.45) is 5.92 Å². The Morgan fingerprint density at radius 3 is 2.83 bits per heavy atom. The van der Waals surface area contributed by atoms with E-state index in [1.807, 2.05) is 6.92 Å². The molecule has 1 saturated carbocycles. The first-order chi connectivity index (χ1) is 8.72. The van der Waals surface area contributed by atoms with Gasteiger partial charge in [0, 0.05) is 6.04 Å². The van der Waals surface area contributed by atoms with Crippen LogP contribution in [-0.4, -0.2) is 17.0 Å². The Bertz CT molecular complexity index is 374. The van der Waals surface area contributed by atoms with Crippen molar-refractivity contribution in [1.82, 2.24) is 4.37 Å². The van der Waals surface area contributed by atoms with Gasteiger partial charge in [-0.3, -0.25) is 0 Å². The molecule has 0 aromatic carbocycles. The molecule has 1 aromatic heterocycles. The first-order valence-electron chi connectivity index (χ1n) is 6.86. The molecule has 0 radical (unpaired) electrons. The van der Waals surface area contributed by atoms with Gasteiger partial charge in [0.2, 0.25) is 0 Å². The van der Waals surface area contributed by atoms with Gasteiger partial charge in [-0.05, 0) is 44.1 Å². The van der Waals surface area contributed by atoms with Crippen molar-refractivity contribution in [3.63, 3.8) is 0 Å². The van der Waals surface area contributed by atoms with E-state index in [9.17, 15) is 0 Å². The van der Waals surface area contributed by atoms with Gasteiger partial charge in [-0.2, -0.15) is 4.37 Å². The zero-order valence-corrected chi connectivity index (χ0v) is 12.1. The van der Waals surface area contributed by atoms with Gasteiger partial charge >= 0.3 is 0 Å². The predicted molar refractivity (Wildman–Crippen MR) is 77.4 cm³/mol. The van der Waals surface area contributed by atoms with E-state index in [1.165, 1.54) is 43.6 Å². The van der Waals surface area contributed by atoms with Crippen molar-refractivity contribution in [2.75, 3.05) is 17.7 Å². The first kappa shape index (κ1) is 13.5. The van der Waals surface area contributed by atoms with E-state index in [1.54, 1.807) is 0 Å². The van der Waals surface area contributed by atoms with Gasteiger partial charge < -0.3 is 15.8 Å². The minimum Gasteiger partial charge on any atom is -0.487 e. The summed E-state index contributed by atoms with van der Waals surface area (Å²) >= 11 is 1.40. The van der Waals surface area contributed by atoms with Crippen LogP contribution in [0, 0.1) is 5.92 Å². The molecule has 18 heavy (non-hydrogen) atoms. The van der Waals surface area contributed by atoms with E-state index < -0.39 is 0 Å². The highest BCUT2D eigenvalue weighted by molar-refractivity contribution is 7.11. The number of anilines is 2. The van der Waals surface area contributed by atoms with Gasteiger partial charge in [-0.25, -0.2) is 0 Å². The molecule has 1 aliphatic rings. The third-order valence-electron chi connectivity index (χ3n) is 3.68. The fourth-order valence-corrected chi connectivity index (χ4v) is 3.39. The lowest BCUT2D eigenvalue weighted by molar-refractivity contribution is 0.325. The standard InChI is InChI=1S/C13H23N3OS/c1-3-17-11-12(14)16-18-13(11)15-9(2)10-7-5-4-6-8-10/h9-10,15H,3-8H2,1-2H3,(H2,14,16). The molecule has 1 atom stereocenters. The van der Waals surface area contributed by atoms with E-state index in [2.05, 4.69) is 16.6 Å². The third kappa shape index (κ3) is 3.07. The number of nitrogen functional groups attached to an aromatic ring is 1. The first-order valence-corrected chi connectivity index (χ1v) is 7.64. The van der Waals surface area contributed by atoms with Gasteiger partial charge in [0.15, 0.2) is 16.6 Å². The maximum atomic E-state index is 5.82.